The summed E-state index contributed by atoms with van der Waals surface area (Å²) in [6.07, 6.45) is -0.300. The number of nitrogens with one attached hydrogen (secondary N) is 2. The van der Waals surface area contributed by atoms with Crippen molar-refractivity contribution in [2.45, 2.75) is 43.4 Å². The number of sulfonamides is 1. The fourth-order valence-electron chi connectivity index (χ4n) is 2.57. The molecule has 0 unspecified atom stereocenters. The Morgan fingerprint density at radius 3 is 2.30 bits per heavy atom. The van der Waals surface area contributed by atoms with Crippen molar-refractivity contribution in [2.24, 2.45) is 0 Å². The van der Waals surface area contributed by atoms with E-state index in [9.17, 15) is 22.0 Å². The summed E-state index contributed by atoms with van der Waals surface area (Å²) in [4.78, 5) is 11.4. The Morgan fingerprint density at radius 1 is 1.22 bits per heavy atom. The van der Waals surface area contributed by atoms with Crippen LogP contribution in [-0.2, 0) is 15.8 Å². The lowest BCUT2D eigenvalue weighted by atomic mass is 9.93. The smallest absolute Gasteiger partial charge is 0.251 e. The molecule has 0 bridgehead atoms. The van der Waals surface area contributed by atoms with Gasteiger partial charge in [0.1, 0.15) is 0 Å². The van der Waals surface area contributed by atoms with Gasteiger partial charge in [0.15, 0.2) is 0 Å². The second-order valence-electron chi connectivity index (χ2n) is 5.78. The number of alkyl halides is 2. The van der Waals surface area contributed by atoms with Crippen molar-refractivity contribution in [1.82, 2.24) is 10.0 Å². The van der Waals surface area contributed by atoms with Crippen LogP contribution in [0.25, 0.3) is 0 Å². The summed E-state index contributed by atoms with van der Waals surface area (Å²) < 4.78 is 52.9. The van der Waals surface area contributed by atoms with Crippen LogP contribution in [0.4, 0.5) is 8.78 Å². The van der Waals surface area contributed by atoms with E-state index in [1.165, 1.54) is 7.05 Å². The minimum Gasteiger partial charge on any atom is -0.355 e. The zero-order chi connectivity index (χ0) is 17.1. The number of rotatable bonds is 5. The van der Waals surface area contributed by atoms with E-state index < -0.39 is 22.0 Å². The molecule has 0 saturated heterocycles. The van der Waals surface area contributed by atoms with E-state index in [4.69, 9.17) is 0 Å². The number of amides is 1. The minimum atomic E-state index is -3.61. The maximum Gasteiger partial charge on any atom is 0.251 e. The maximum absolute atomic E-state index is 13.1. The molecule has 0 aromatic heterocycles. The van der Waals surface area contributed by atoms with Crippen molar-refractivity contribution < 1.29 is 22.0 Å². The lowest BCUT2D eigenvalue weighted by molar-refractivity contribution is -0.0387. The summed E-state index contributed by atoms with van der Waals surface area (Å²) in [5, 5.41) is 2.48. The molecule has 1 aliphatic rings. The molecule has 5 nitrogen and oxygen atoms in total. The van der Waals surface area contributed by atoms with E-state index in [1.807, 2.05) is 0 Å². The lowest BCUT2D eigenvalue weighted by Gasteiger charge is -2.28. The minimum absolute atomic E-state index is 0.141. The lowest BCUT2D eigenvalue weighted by Crippen LogP contribution is -2.40. The summed E-state index contributed by atoms with van der Waals surface area (Å²) in [5.41, 5.74) is 0.974. The number of benzene rings is 1. The largest absolute Gasteiger partial charge is 0.355 e. The molecule has 1 aromatic rings. The molecule has 0 radical (unpaired) electrons. The Bertz CT molecular complexity index is 650. The van der Waals surface area contributed by atoms with Gasteiger partial charge in [0, 0.05) is 31.5 Å². The van der Waals surface area contributed by atoms with Gasteiger partial charge in [-0.3, -0.25) is 4.79 Å². The fraction of sp³-hybridized carbons (Fsp3) is 0.533. The summed E-state index contributed by atoms with van der Waals surface area (Å²) in [6, 6.07) is 5.79. The van der Waals surface area contributed by atoms with Crippen molar-refractivity contribution in [3.05, 3.63) is 35.4 Å². The SMILES string of the molecule is CNC(=O)c1ccc(CS(=O)(=O)NC2CCC(F)(F)CC2)cc1. The molecule has 2 rings (SSSR count). The van der Waals surface area contributed by atoms with Crippen molar-refractivity contribution in [3.63, 3.8) is 0 Å². The molecule has 1 fully saturated rings. The highest BCUT2D eigenvalue weighted by atomic mass is 32.2. The molecule has 2 N–H and O–H groups in total. The summed E-state index contributed by atoms with van der Waals surface area (Å²) in [6.45, 7) is 0. The summed E-state index contributed by atoms with van der Waals surface area (Å²) >= 11 is 0. The third-order valence-electron chi connectivity index (χ3n) is 3.86. The Balaban J connectivity index is 1.94. The van der Waals surface area contributed by atoms with Crippen LogP contribution in [0, 0.1) is 0 Å². The highest BCUT2D eigenvalue weighted by Gasteiger charge is 2.36. The van der Waals surface area contributed by atoms with Crippen LogP contribution in [0.1, 0.15) is 41.6 Å². The molecule has 1 amide bonds. The number of hydrogen-bond donors (Lipinski definition) is 2. The van der Waals surface area contributed by atoms with Crippen LogP contribution in [0.3, 0.4) is 0 Å². The highest BCUT2D eigenvalue weighted by Crippen LogP contribution is 2.33. The van der Waals surface area contributed by atoms with Crippen LogP contribution >= 0.6 is 0 Å². The Kier molecular flexibility index (Phi) is 5.36. The van der Waals surface area contributed by atoms with Gasteiger partial charge in [-0.1, -0.05) is 12.1 Å². The molecule has 128 valence electrons. The van der Waals surface area contributed by atoms with Crippen LogP contribution in [0.5, 0.6) is 0 Å². The van der Waals surface area contributed by atoms with E-state index in [0.29, 0.717) is 11.1 Å². The Labute approximate surface area is 134 Å². The van der Waals surface area contributed by atoms with E-state index >= 15 is 0 Å². The second-order valence-corrected chi connectivity index (χ2v) is 7.54. The van der Waals surface area contributed by atoms with Gasteiger partial charge in [-0.25, -0.2) is 21.9 Å². The molecule has 0 spiro atoms. The van der Waals surface area contributed by atoms with E-state index in [0.717, 1.165) is 0 Å². The van der Waals surface area contributed by atoms with Crippen LogP contribution in [0.2, 0.25) is 0 Å². The monoisotopic (exact) mass is 346 g/mol. The molecule has 8 heteroatoms. The normalized spacial score (nSPS) is 18.6. The topological polar surface area (TPSA) is 75.3 Å². The third-order valence-corrected chi connectivity index (χ3v) is 5.27. The van der Waals surface area contributed by atoms with Crippen molar-refractivity contribution in [3.8, 4) is 0 Å². The predicted octanol–water partition coefficient (Wildman–Crippen LogP) is 2.04. The average Bonchev–Trinajstić information content (AvgIpc) is 2.49. The molecule has 1 saturated carbocycles. The molecule has 0 heterocycles. The van der Waals surface area contributed by atoms with Gasteiger partial charge in [-0.05, 0) is 30.5 Å². The molecular formula is C15H20F2N2O3S. The van der Waals surface area contributed by atoms with Gasteiger partial charge in [-0.15, -0.1) is 0 Å². The summed E-state index contributed by atoms with van der Waals surface area (Å²) in [7, 11) is -2.09. The van der Waals surface area contributed by atoms with Gasteiger partial charge in [-0.2, -0.15) is 0 Å². The first-order valence-corrected chi connectivity index (χ1v) is 9.05. The maximum atomic E-state index is 13.1. The molecule has 23 heavy (non-hydrogen) atoms. The first-order chi connectivity index (χ1) is 10.7. The van der Waals surface area contributed by atoms with Gasteiger partial charge in [0.05, 0.1) is 5.75 Å². The predicted molar refractivity (Wildman–Crippen MR) is 82.8 cm³/mol. The van der Waals surface area contributed by atoms with E-state index in [-0.39, 0.29) is 37.3 Å². The van der Waals surface area contributed by atoms with Gasteiger partial charge < -0.3 is 5.32 Å². The molecule has 1 aromatic carbocycles. The average molecular weight is 346 g/mol. The number of carbonyl (C=O) groups excluding carboxylic acids is 1. The van der Waals surface area contributed by atoms with Crippen molar-refractivity contribution >= 4 is 15.9 Å². The number of halogens is 2. The zero-order valence-electron chi connectivity index (χ0n) is 12.8. The second kappa shape index (κ2) is 6.92. The Hall–Kier alpha value is -1.54. The van der Waals surface area contributed by atoms with E-state index in [2.05, 4.69) is 10.0 Å². The molecule has 0 aliphatic heterocycles. The quantitative estimate of drug-likeness (QED) is 0.857. The molecule has 0 atom stereocenters. The van der Waals surface area contributed by atoms with Crippen LogP contribution < -0.4 is 10.0 Å². The van der Waals surface area contributed by atoms with Crippen molar-refractivity contribution in [2.75, 3.05) is 7.05 Å². The van der Waals surface area contributed by atoms with Gasteiger partial charge in [0.2, 0.25) is 15.9 Å². The first-order valence-electron chi connectivity index (χ1n) is 7.40. The third kappa shape index (κ3) is 5.24. The number of hydrogen-bond acceptors (Lipinski definition) is 3. The highest BCUT2D eigenvalue weighted by molar-refractivity contribution is 7.88. The Morgan fingerprint density at radius 2 is 1.78 bits per heavy atom. The summed E-state index contributed by atoms with van der Waals surface area (Å²) in [5.74, 6) is -3.17. The first kappa shape index (κ1) is 17.8. The van der Waals surface area contributed by atoms with Crippen molar-refractivity contribution in [1.29, 1.82) is 0 Å². The standard InChI is InChI=1S/C15H20F2N2O3S/c1-18-14(20)12-4-2-11(3-5-12)10-23(21,22)19-13-6-8-15(16,17)9-7-13/h2-5,13,19H,6-10H2,1H3,(H,18,20). The van der Waals surface area contributed by atoms with Crippen LogP contribution in [0.15, 0.2) is 24.3 Å². The van der Waals surface area contributed by atoms with Gasteiger partial charge in [0.25, 0.3) is 5.91 Å². The van der Waals surface area contributed by atoms with E-state index in [1.54, 1.807) is 24.3 Å². The number of carbonyl (C=O) groups is 1. The fourth-order valence-corrected chi connectivity index (χ4v) is 4.03. The van der Waals surface area contributed by atoms with Crippen LogP contribution in [-0.4, -0.2) is 33.3 Å². The molecular weight excluding hydrogens is 326 g/mol. The zero-order valence-corrected chi connectivity index (χ0v) is 13.6. The molecule has 1 aliphatic carbocycles. The van der Waals surface area contributed by atoms with Gasteiger partial charge >= 0.3 is 0 Å².